The fourth-order valence-electron chi connectivity index (χ4n) is 1.88. The van der Waals surface area contributed by atoms with E-state index in [4.69, 9.17) is 4.74 Å². The molecule has 0 bridgehead atoms. The maximum absolute atomic E-state index is 5.04. The number of rotatable bonds is 8. The zero-order valence-electron chi connectivity index (χ0n) is 11.3. The lowest BCUT2D eigenvalue weighted by Crippen LogP contribution is -2.34. The van der Waals surface area contributed by atoms with Crippen molar-refractivity contribution in [2.45, 2.75) is 32.7 Å². The van der Waals surface area contributed by atoms with E-state index >= 15 is 0 Å². The molecule has 0 heterocycles. The first-order valence-electron chi connectivity index (χ1n) is 6.50. The first-order valence-corrected chi connectivity index (χ1v) is 6.50. The van der Waals surface area contributed by atoms with Crippen molar-refractivity contribution in [3.8, 4) is 0 Å². The van der Waals surface area contributed by atoms with Crippen LogP contribution in [0.2, 0.25) is 0 Å². The first kappa shape index (κ1) is 14.2. The minimum atomic E-state index is 0.550. The minimum absolute atomic E-state index is 0.550. The average Bonchev–Trinajstić information content (AvgIpc) is 2.37. The maximum atomic E-state index is 5.04. The summed E-state index contributed by atoms with van der Waals surface area (Å²) in [4.78, 5) is 0. The maximum Gasteiger partial charge on any atom is 0.0587 e. The normalized spacial score (nSPS) is 14.5. The Labute approximate surface area is 105 Å². The molecule has 1 aromatic rings. The van der Waals surface area contributed by atoms with Gasteiger partial charge in [0, 0.05) is 19.7 Å². The van der Waals surface area contributed by atoms with Gasteiger partial charge in [-0.1, -0.05) is 37.3 Å². The van der Waals surface area contributed by atoms with E-state index in [1.807, 2.05) is 0 Å². The zero-order valence-corrected chi connectivity index (χ0v) is 11.3. The Morgan fingerprint density at radius 1 is 1.18 bits per heavy atom. The van der Waals surface area contributed by atoms with Crippen molar-refractivity contribution in [3.05, 3.63) is 35.9 Å². The van der Waals surface area contributed by atoms with Gasteiger partial charge in [-0.15, -0.1) is 0 Å². The molecule has 1 rings (SSSR count). The Kier molecular flexibility index (Phi) is 6.90. The quantitative estimate of drug-likeness (QED) is 0.700. The summed E-state index contributed by atoms with van der Waals surface area (Å²) in [6.45, 7) is 6.29. The molecule has 0 saturated heterocycles. The molecule has 1 aromatic carbocycles. The van der Waals surface area contributed by atoms with Gasteiger partial charge in [0.1, 0.15) is 0 Å². The van der Waals surface area contributed by atoms with Gasteiger partial charge in [0.15, 0.2) is 0 Å². The number of aryl methyl sites for hydroxylation is 1. The molecule has 0 radical (unpaired) electrons. The molecule has 1 N–H and O–H groups in total. The number of ether oxygens (including phenoxy) is 1. The average molecular weight is 235 g/mol. The predicted molar refractivity (Wildman–Crippen MR) is 73.3 cm³/mol. The Hall–Kier alpha value is -0.860. The predicted octanol–water partition coefficient (Wildman–Crippen LogP) is 2.88. The van der Waals surface area contributed by atoms with Crippen molar-refractivity contribution in [2.75, 3.05) is 20.3 Å². The van der Waals surface area contributed by atoms with Gasteiger partial charge in [0.25, 0.3) is 0 Å². The molecule has 0 aliphatic rings. The molecule has 0 spiro atoms. The Bertz CT molecular complexity index is 286. The third-order valence-corrected chi connectivity index (χ3v) is 3.36. The van der Waals surface area contributed by atoms with Crippen LogP contribution < -0.4 is 5.32 Å². The van der Waals surface area contributed by atoms with Crippen LogP contribution in [0.25, 0.3) is 0 Å². The highest BCUT2D eigenvalue weighted by Gasteiger charge is 2.11. The lowest BCUT2D eigenvalue weighted by atomic mass is 9.95. The van der Waals surface area contributed by atoms with E-state index in [1.165, 1.54) is 12.0 Å². The summed E-state index contributed by atoms with van der Waals surface area (Å²) in [6.07, 6.45) is 2.39. The van der Waals surface area contributed by atoms with E-state index in [2.05, 4.69) is 49.5 Å². The number of benzene rings is 1. The van der Waals surface area contributed by atoms with E-state index in [-0.39, 0.29) is 0 Å². The molecule has 2 heteroatoms. The van der Waals surface area contributed by atoms with Gasteiger partial charge < -0.3 is 10.1 Å². The van der Waals surface area contributed by atoms with Crippen LogP contribution in [0, 0.1) is 5.92 Å². The van der Waals surface area contributed by atoms with Crippen molar-refractivity contribution in [1.29, 1.82) is 0 Å². The van der Waals surface area contributed by atoms with E-state index in [9.17, 15) is 0 Å². The van der Waals surface area contributed by atoms with Crippen molar-refractivity contribution in [2.24, 2.45) is 5.92 Å². The molecular weight excluding hydrogens is 210 g/mol. The molecule has 0 aliphatic heterocycles. The van der Waals surface area contributed by atoms with Crippen molar-refractivity contribution >= 4 is 0 Å². The molecule has 0 saturated carbocycles. The fraction of sp³-hybridized carbons (Fsp3) is 0.600. The van der Waals surface area contributed by atoms with Gasteiger partial charge in [0.2, 0.25) is 0 Å². The molecule has 0 amide bonds. The SMILES string of the molecule is COCCNC(C)C(C)CCc1ccccc1. The highest BCUT2D eigenvalue weighted by Crippen LogP contribution is 2.12. The summed E-state index contributed by atoms with van der Waals surface area (Å²) >= 11 is 0. The van der Waals surface area contributed by atoms with Crippen LogP contribution in [0.5, 0.6) is 0 Å². The van der Waals surface area contributed by atoms with Gasteiger partial charge in [-0.3, -0.25) is 0 Å². The van der Waals surface area contributed by atoms with E-state index in [0.29, 0.717) is 12.0 Å². The lowest BCUT2D eigenvalue weighted by molar-refractivity contribution is 0.192. The monoisotopic (exact) mass is 235 g/mol. The summed E-state index contributed by atoms with van der Waals surface area (Å²) in [5.74, 6) is 0.687. The van der Waals surface area contributed by atoms with Crippen LogP contribution in [0.1, 0.15) is 25.8 Å². The second kappa shape index (κ2) is 8.26. The summed E-state index contributed by atoms with van der Waals surface area (Å²) < 4.78 is 5.04. The van der Waals surface area contributed by atoms with Crippen LogP contribution in [0.4, 0.5) is 0 Å². The molecule has 2 atom stereocenters. The number of nitrogens with one attached hydrogen (secondary N) is 1. The third kappa shape index (κ3) is 5.85. The standard InChI is InChI=1S/C15H25NO/c1-13(14(2)16-11-12-17-3)9-10-15-7-5-4-6-8-15/h4-8,13-14,16H,9-12H2,1-3H3. The third-order valence-electron chi connectivity index (χ3n) is 3.36. The Morgan fingerprint density at radius 3 is 2.53 bits per heavy atom. The number of methoxy groups -OCH3 is 1. The van der Waals surface area contributed by atoms with Gasteiger partial charge in [-0.05, 0) is 31.2 Å². The van der Waals surface area contributed by atoms with Gasteiger partial charge in [-0.25, -0.2) is 0 Å². The number of hydrogen-bond donors (Lipinski definition) is 1. The van der Waals surface area contributed by atoms with Crippen LogP contribution in [-0.2, 0) is 11.2 Å². The van der Waals surface area contributed by atoms with Gasteiger partial charge >= 0.3 is 0 Å². The molecule has 17 heavy (non-hydrogen) atoms. The van der Waals surface area contributed by atoms with Crippen LogP contribution in [0.15, 0.2) is 30.3 Å². The van der Waals surface area contributed by atoms with Gasteiger partial charge in [0.05, 0.1) is 6.61 Å². The van der Waals surface area contributed by atoms with E-state index < -0.39 is 0 Å². The van der Waals surface area contributed by atoms with Gasteiger partial charge in [-0.2, -0.15) is 0 Å². The Balaban J connectivity index is 2.22. The smallest absolute Gasteiger partial charge is 0.0587 e. The van der Waals surface area contributed by atoms with Crippen LogP contribution in [-0.4, -0.2) is 26.3 Å². The van der Waals surface area contributed by atoms with Crippen LogP contribution in [0.3, 0.4) is 0 Å². The highest BCUT2D eigenvalue weighted by molar-refractivity contribution is 5.14. The van der Waals surface area contributed by atoms with Crippen molar-refractivity contribution < 1.29 is 4.74 Å². The molecule has 0 aromatic heterocycles. The number of hydrogen-bond acceptors (Lipinski definition) is 2. The van der Waals surface area contributed by atoms with Crippen molar-refractivity contribution in [3.63, 3.8) is 0 Å². The minimum Gasteiger partial charge on any atom is -0.383 e. The lowest BCUT2D eigenvalue weighted by Gasteiger charge is -2.21. The fourth-order valence-corrected chi connectivity index (χ4v) is 1.88. The van der Waals surface area contributed by atoms with E-state index in [0.717, 1.165) is 19.6 Å². The molecule has 2 nitrogen and oxygen atoms in total. The molecular formula is C15H25NO. The molecule has 96 valence electrons. The molecule has 0 fully saturated rings. The summed E-state index contributed by atoms with van der Waals surface area (Å²) in [5.41, 5.74) is 1.43. The van der Waals surface area contributed by atoms with Crippen molar-refractivity contribution in [1.82, 2.24) is 5.32 Å². The largest absolute Gasteiger partial charge is 0.383 e. The molecule has 0 aliphatic carbocycles. The topological polar surface area (TPSA) is 21.3 Å². The highest BCUT2D eigenvalue weighted by atomic mass is 16.5. The summed E-state index contributed by atoms with van der Waals surface area (Å²) in [5, 5.41) is 3.49. The Morgan fingerprint density at radius 2 is 1.88 bits per heavy atom. The molecule has 2 unspecified atom stereocenters. The summed E-state index contributed by atoms with van der Waals surface area (Å²) in [7, 11) is 1.74. The van der Waals surface area contributed by atoms with Crippen LogP contribution >= 0.6 is 0 Å². The first-order chi connectivity index (χ1) is 8.24. The second-order valence-corrected chi connectivity index (χ2v) is 4.74. The zero-order chi connectivity index (χ0) is 12.5. The van der Waals surface area contributed by atoms with E-state index in [1.54, 1.807) is 7.11 Å². The second-order valence-electron chi connectivity index (χ2n) is 4.74. The summed E-state index contributed by atoms with van der Waals surface area (Å²) in [6, 6.07) is 11.3.